The van der Waals surface area contributed by atoms with Crippen molar-refractivity contribution in [2.45, 2.75) is 11.4 Å². The molecule has 7 heteroatoms. The van der Waals surface area contributed by atoms with Gasteiger partial charge in [-0.3, -0.25) is 9.59 Å². The van der Waals surface area contributed by atoms with E-state index in [9.17, 15) is 14.4 Å². The summed E-state index contributed by atoms with van der Waals surface area (Å²) in [7, 11) is 1.25. The number of thioether (sulfide) groups is 1. The lowest BCUT2D eigenvalue weighted by atomic mass is 10.3. The molecule has 1 heterocycles. The number of amides is 1. The topological polar surface area (TPSA) is 77.4 Å². The number of aromatic nitrogens is 1. The fraction of sp³-hybridized carbons (Fsp3) is 0.188. The number of benzene rings is 1. The third-order valence-electron chi connectivity index (χ3n) is 3.09. The highest BCUT2D eigenvalue weighted by atomic mass is 32.2. The number of nitrogens with zero attached hydrogens (tertiary/aromatic N) is 1. The number of methoxy groups -OCH3 is 1. The van der Waals surface area contributed by atoms with Gasteiger partial charge in [0.15, 0.2) is 0 Å². The molecule has 0 bridgehead atoms. The first kappa shape index (κ1) is 16.8. The van der Waals surface area contributed by atoms with Gasteiger partial charge in [0.2, 0.25) is 5.91 Å². The first-order chi connectivity index (χ1) is 11.0. The van der Waals surface area contributed by atoms with Gasteiger partial charge in [0, 0.05) is 22.8 Å². The van der Waals surface area contributed by atoms with Gasteiger partial charge in [0.25, 0.3) is 5.56 Å². The summed E-state index contributed by atoms with van der Waals surface area (Å²) in [4.78, 5) is 36.4. The number of anilines is 1. The van der Waals surface area contributed by atoms with Crippen molar-refractivity contribution in [2.75, 3.05) is 18.7 Å². The summed E-state index contributed by atoms with van der Waals surface area (Å²) in [6.45, 7) is -0.187. The van der Waals surface area contributed by atoms with E-state index in [1.54, 1.807) is 23.9 Å². The third-order valence-corrected chi connectivity index (χ3v) is 3.84. The van der Waals surface area contributed by atoms with Crippen molar-refractivity contribution in [2.24, 2.45) is 0 Å². The average Bonchev–Trinajstić information content (AvgIpc) is 2.56. The molecule has 0 aliphatic carbocycles. The molecule has 1 N–H and O–H groups in total. The molecule has 0 fully saturated rings. The zero-order valence-electron chi connectivity index (χ0n) is 12.7. The van der Waals surface area contributed by atoms with Crippen molar-refractivity contribution < 1.29 is 14.3 Å². The summed E-state index contributed by atoms with van der Waals surface area (Å²) >= 11 is 1.61. The molecule has 23 heavy (non-hydrogen) atoms. The fourth-order valence-corrected chi connectivity index (χ4v) is 2.33. The number of hydrogen-bond donors (Lipinski definition) is 1. The molecule has 1 amide bonds. The van der Waals surface area contributed by atoms with Gasteiger partial charge in [0.05, 0.1) is 12.7 Å². The zero-order valence-corrected chi connectivity index (χ0v) is 13.6. The Balaban J connectivity index is 2.10. The Morgan fingerprint density at radius 3 is 2.48 bits per heavy atom. The molecule has 0 radical (unpaired) electrons. The maximum atomic E-state index is 12.0. The predicted molar refractivity (Wildman–Crippen MR) is 88.9 cm³/mol. The maximum absolute atomic E-state index is 12.0. The minimum absolute atomic E-state index is 0.187. The van der Waals surface area contributed by atoms with Crippen LogP contribution in [0.2, 0.25) is 0 Å². The lowest BCUT2D eigenvalue weighted by Crippen LogP contribution is -2.27. The van der Waals surface area contributed by atoms with Crippen molar-refractivity contribution in [3.63, 3.8) is 0 Å². The van der Waals surface area contributed by atoms with Gasteiger partial charge in [-0.25, -0.2) is 4.79 Å². The summed E-state index contributed by atoms with van der Waals surface area (Å²) in [5.41, 5.74) is 0.486. The highest BCUT2D eigenvalue weighted by molar-refractivity contribution is 7.98. The van der Waals surface area contributed by atoms with E-state index in [4.69, 9.17) is 0 Å². The number of hydrogen-bond acceptors (Lipinski definition) is 5. The number of carbonyl (C=O) groups excluding carboxylic acids is 2. The zero-order chi connectivity index (χ0) is 16.8. The van der Waals surface area contributed by atoms with Crippen LogP contribution in [0.25, 0.3) is 0 Å². The predicted octanol–water partition coefficient (Wildman–Crippen LogP) is 2.00. The first-order valence-corrected chi connectivity index (χ1v) is 7.98. The molecule has 0 saturated heterocycles. The molecule has 0 atom stereocenters. The molecule has 0 aliphatic heterocycles. The van der Waals surface area contributed by atoms with Crippen LogP contribution in [0.1, 0.15) is 10.4 Å². The van der Waals surface area contributed by atoms with Gasteiger partial charge in [0.1, 0.15) is 6.54 Å². The number of nitrogens with one attached hydrogen (secondary N) is 1. The summed E-state index contributed by atoms with van der Waals surface area (Å²) in [6.07, 6.45) is 3.28. The molecule has 0 unspecified atom stereocenters. The highest BCUT2D eigenvalue weighted by Crippen LogP contribution is 2.17. The molecule has 1 aromatic heterocycles. The van der Waals surface area contributed by atoms with Crippen molar-refractivity contribution >= 4 is 29.3 Å². The average molecular weight is 332 g/mol. The maximum Gasteiger partial charge on any atom is 0.339 e. The standard InChI is InChI=1S/C16H16N2O4S/c1-22-16(21)11-3-8-15(20)18(9-11)10-14(19)17-12-4-6-13(23-2)7-5-12/h3-9H,10H2,1-2H3,(H,17,19). The van der Waals surface area contributed by atoms with Gasteiger partial charge >= 0.3 is 5.97 Å². The number of carbonyl (C=O) groups is 2. The largest absolute Gasteiger partial charge is 0.465 e. The smallest absolute Gasteiger partial charge is 0.339 e. The second-order valence-electron chi connectivity index (χ2n) is 4.65. The van der Waals surface area contributed by atoms with Crippen molar-refractivity contribution in [3.8, 4) is 0 Å². The van der Waals surface area contributed by atoms with Crippen LogP contribution in [0, 0.1) is 0 Å². The minimum Gasteiger partial charge on any atom is -0.465 e. The Labute approximate surface area is 137 Å². The van der Waals surface area contributed by atoms with E-state index in [1.165, 1.54) is 25.4 Å². The van der Waals surface area contributed by atoms with Crippen LogP contribution >= 0.6 is 11.8 Å². The Hall–Kier alpha value is -2.54. The van der Waals surface area contributed by atoms with Crippen LogP contribution in [0.3, 0.4) is 0 Å². The molecule has 1 aromatic carbocycles. The number of ether oxygens (including phenoxy) is 1. The van der Waals surface area contributed by atoms with E-state index in [-0.39, 0.29) is 23.6 Å². The monoisotopic (exact) mass is 332 g/mol. The Kier molecular flexibility index (Phi) is 5.59. The van der Waals surface area contributed by atoms with Gasteiger partial charge in [-0.1, -0.05) is 0 Å². The molecule has 0 aliphatic rings. The molecule has 2 aromatic rings. The Morgan fingerprint density at radius 2 is 1.87 bits per heavy atom. The van der Waals surface area contributed by atoms with E-state index in [0.717, 1.165) is 9.46 Å². The highest BCUT2D eigenvalue weighted by Gasteiger charge is 2.10. The van der Waals surface area contributed by atoms with Crippen LogP contribution in [0.5, 0.6) is 0 Å². The van der Waals surface area contributed by atoms with E-state index >= 15 is 0 Å². The third kappa shape index (κ3) is 4.46. The Morgan fingerprint density at radius 1 is 1.17 bits per heavy atom. The summed E-state index contributed by atoms with van der Waals surface area (Å²) < 4.78 is 5.76. The summed E-state index contributed by atoms with van der Waals surface area (Å²) in [6, 6.07) is 9.96. The molecule has 0 saturated carbocycles. The molecule has 6 nitrogen and oxygen atoms in total. The van der Waals surface area contributed by atoms with Crippen molar-refractivity contribution in [1.29, 1.82) is 0 Å². The van der Waals surface area contributed by atoms with E-state index < -0.39 is 5.97 Å². The minimum atomic E-state index is -0.563. The van der Waals surface area contributed by atoms with E-state index in [1.807, 2.05) is 18.4 Å². The molecular formula is C16H16N2O4S. The SMILES string of the molecule is COC(=O)c1ccc(=O)n(CC(=O)Nc2ccc(SC)cc2)c1. The van der Waals surface area contributed by atoms with Crippen molar-refractivity contribution in [1.82, 2.24) is 4.57 Å². The quantitative estimate of drug-likeness (QED) is 0.669. The lowest BCUT2D eigenvalue weighted by molar-refractivity contribution is -0.116. The fourth-order valence-electron chi connectivity index (χ4n) is 1.92. The van der Waals surface area contributed by atoms with Crippen LogP contribution in [-0.4, -0.2) is 29.8 Å². The number of pyridine rings is 1. The molecular weight excluding hydrogens is 316 g/mol. The summed E-state index contributed by atoms with van der Waals surface area (Å²) in [5.74, 6) is -0.919. The Bertz CT molecular complexity index is 768. The number of esters is 1. The summed E-state index contributed by atoms with van der Waals surface area (Å²) in [5, 5.41) is 2.71. The van der Waals surface area contributed by atoms with E-state index in [2.05, 4.69) is 10.1 Å². The van der Waals surface area contributed by atoms with Crippen LogP contribution in [0.4, 0.5) is 5.69 Å². The lowest BCUT2D eigenvalue weighted by Gasteiger charge is -2.09. The molecule has 2 rings (SSSR count). The van der Waals surface area contributed by atoms with Gasteiger partial charge in [-0.15, -0.1) is 11.8 Å². The van der Waals surface area contributed by atoms with Gasteiger partial charge in [-0.05, 0) is 36.6 Å². The van der Waals surface area contributed by atoms with Gasteiger partial charge in [-0.2, -0.15) is 0 Å². The van der Waals surface area contributed by atoms with Crippen LogP contribution < -0.4 is 10.9 Å². The van der Waals surface area contributed by atoms with Crippen molar-refractivity contribution in [3.05, 3.63) is 58.5 Å². The second-order valence-corrected chi connectivity index (χ2v) is 5.53. The first-order valence-electron chi connectivity index (χ1n) is 6.76. The van der Waals surface area contributed by atoms with Gasteiger partial charge < -0.3 is 14.6 Å². The number of rotatable bonds is 5. The molecule has 0 spiro atoms. The van der Waals surface area contributed by atoms with Crippen LogP contribution in [0.15, 0.2) is 52.3 Å². The normalized spacial score (nSPS) is 10.2. The van der Waals surface area contributed by atoms with Crippen LogP contribution in [-0.2, 0) is 16.1 Å². The van der Waals surface area contributed by atoms with E-state index in [0.29, 0.717) is 5.69 Å². The molecule has 120 valence electrons. The second kappa shape index (κ2) is 7.64.